The van der Waals surface area contributed by atoms with Crippen molar-refractivity contribution in [3.63, 3.8) is 0 Å². The van der Waals surface area contributed by atoms with Crippen LogP contribution in [0.3, 0.4) is 0 Å². The molecule has 1 aliphatic rings. The van der Waals surface area contributed by atoms with Crippen LogP contribution in [-0.4, -0.2) is 119 Å². The molecular formula is C40H30ClN15O19S6. The van der Waals surface area contributed by atoms with E-state index in [4.69, 9.17) is 17.3 Å². The number of Topliss-reactive ketones (excluding diaryl/α,β-unsaturated/α-hetero) is 1. The molecule has 13 N–H and O–H groups in total. The Morgan fingerprint density at radius 2 is 0.988 bits per heavy atom. The predicted molar refractivity (Wildman–Crippen MR) is 283 cm³/mol. The number of azo groups is 1. The van der Waals surface area contributed by atoms with Crippen molar-refractivity contribution in [1.29, 1.82) is 0 Å². The van der Waals surface area contributed by atoms with E-state index in [9.17, 15) is 82.6 Å². The summed E-state index contributed by atoms with van der Waals surface area (Å²) in [5.74, 6) is -2.73. The fourth-order valence-electron chi connectivity index (χ4n) is 6.99. The number of nitrogens with two attached hydrogens (primary N) is 1. The number of hydrazone groups is 1. The van der Waals surface area contributed by atoms with Crippen molar-refractivity contribution in [3.8, 4) is 0 Å². The van der Waals surface area contributed by atoms with Crippen LogP contribution in [0.5, 0.6) is 0 Å². The number of rotatable bonds is 18. The molecule has 0 fully saturated rings. The highest BCUT2D eigenvalue weighted by Crippen LogP contribution is 2.42. The summed E-state index contributed by atoms with van der Waals surface area (Å²) in [6.45, 7) is 0. The number of hydrogen-bond acceptors (Lipinski definition) is 28. The number of ketones is 1. The molecule has 0 radical (unpaired) electrons. The van der Waals surface area contributed by atoms with E-state index in [0.717, 1.165) is 67.0 Å². The number of nitrogen functional groups attached to an aromatic ring is 1. The quantitative estimate of drug-likeness (QED) is 0.0237. The zero-order valence-corrected chi connectivity index (χ0v) is 44.9. The third kappa shape index (κ3) is 13.9. The molecule has 422 valence electrons. The lowest BCUT2D eigenvalue weighted by molar-refractivity contribution is 0.106. The Balaban J connectivity index is 1.14. The van der Waals surface area contributed by atoms with Crippen LogP contribution in [0.25, 0.3) is 6.08 Å². The zero-order chi connectivity index (χ0) is 59.2. The van der Waals surface area contributed by atoms with E-state index < -0.39 is 141 Å². The minimum absolute atomic E-state index is 0.0460. The van der Waals surface area contributed by atoms with Crippen LogP contribution in [0.4, 0.5) is 69.3 Å². The van der Waals surface area contributed by atoms with Gasteiger partial charge in [0.2, 0.25) is 34.9 Å². The normalized spacial score (nSPS) is 13.8. The summed E-state index contributed by atoms with van der Waals surface area (Å²) in [6, 6.07) is 15.5. The molecule has 41 heteroatoms. The van der Waals surface area contributed by atoms with Gasteiger partial charge < -0.3 is 27.0 Å². The number of nitrogens with one attached hydrogen (secondary N) is 5. The van der Waals surface area contributed by atoms with Crippen molar-refractivity contribution in [2.45, 2.75) is 24.5 Å². The van der Waals surface area contributed by atoms with Gasteiger partial charge in [-0.15, -0.1) is 10.2 Å². The molecule has 2 aromatic heterocycles. The van der Waals surface area contributed by atoms with Gasteiger partial charge in [0.15, 0.2) is 5.71 Å². The second-order valence-electron chi connectivity index (χ2n) is 15.9. The van der Waals surface area contributed by atoms with Gasteiger partial charge in [-0.05, 0) is 102 Å². The lowest BCUT2D eigenvalue weighted by Gasteiger charge is -2.20. The first-order chi connectivity index (χ1) is 37.6. The molecule has 7 aromatic rings. The molecule has 0 spiro atoms. The number of fused-ring (bicyclic) bond motifs is 1. The van der Waals surface area contributed by atoms with Crippen molar-refractivity contribution in [3.05, 3.63) is 119 Å². The summed E-state index contributed by atoms with van der Waals surface area (Å²) in [4.78, 5) is 32.5. The fourth-order valence-corrected chi connectivity index (χ4v) is 10.8. The van der Waals surface area contributed by atoms with Crippen molar-refractivity contribution in [2.24, 2.45) is 15.3 Å². The van der Waals surface area contributed by atoms with Gasteiger partial charge in [-0.1, -0.05) is 12.1 Å². The number of anilines is 10. The maximum absolute atomic E-state index is 14.3. The van der Waals surface area contributed by atoms with Gasteiger partial charge in [0.05, 0.1) is 26.7 Å². The molecule has 0 bridgehead atoms. The van der Waals surface area contributed by atoms with E-state index in [0.29, 0.717) is 12.1 Å². The third-order valence-corrected chi connectivity index (χ3v) is 15.8. The van der Waals surface area contributed by atoms with Crippen molar-refractivity contribution >= 4 is 159 Å². The first-order valence-corrected chi connectivity index (χ1v) is 30.1. The molecule has 0 aliphatic heterocycles. The standard InChI is InChI=1S/C40H30ClN15O19S6/c41-36-49-39(47-20-4-2-6-24(14-20)77(61,62)63)52-40(50-36)48-22-8-10-27(78(64,65)66)25(16-22)53-55-33-29(80(70,71)72)11-18-12-30(81(73,74)75)34(35(57)31(18)32(33)42)56-54-26-15-21(7-9-28(26)79(67,68)69)46-38-44-17-43-37(51-38)45-19-3-1-5-23(13-19)76(58,59)60/h1-17,54H,42H2,(H,58,59,60)(H,61,62,63)(H,64,65,66)(H,67,68,69)(H,70,71,72)(H,73,74,75)(H2,43,44,45,46,51)(H2,47,48,49,50,52)/b55-53+,56-34-. The lowest BCUT2D eigenvalue weighted by Crippen LogP contribution is -2.28. The van der Waals surface area contributed by atoms with E-state index >= 15 is 0 Å². The number of benzene rings is 5. The van der Waals surface area contributed by atoms with Crippen LogP contribution >= 0.6 is 11.6 Å². The molecule has 1 aliphatic carbocycles. The highest BCUT2D eigenvalue weighted by molar-refractivity contribution is 7.91. The molecule has 5 aromatic carbocycles. The van der Waals surface area contributed by atoms with Gasteiger partial charge in [0.25, 0.3) is 60.7 Å². The monoisotopic (exact) mass is 1250 g/mol. The SMILES string of the molecule is Nc1c(/N=N/c2cc(Nc3nc(Cl)nc(Nc4cccc(S(=O)(=O)O)c4)n3)ccc2S(=O)(=O)O)c(S(=O)(=O)O)cc2c1C(=O)/C(=N\Nc1cc(Nc3ncnc(Nc4cccc(S(=O)(=O)O)c4)n3)ccc1S(=O)(=O)O)C(S(=O)(=O)O)=C2. The van der Waals surface area contributed by atoms with Crippen LogP contribution in [0.2, 0.25) is 5.28 Å². The lowest BCUT2D eigenvalue weighted by atomic mass is 9.92. The summed E-state index contributed by atoms with van der Waals surface area (Å²) in [7, 11) is -30.8. The molecule has 8 rings (SSSR count). The Labute approximate surface area is 459 Å². The Morgan fingerprint density at radius 1 is 0.506 bits per heavy atom. The molecule has 0 saturated carbocycles. The summed E-state index contributed by atoms with van der Waals surface area (Å²) < 4.78 is 208. The highest BCUT2D eigenvalue weighted by Gasteiger charge is 2.37. The number of halogens is 1. The van der Waals surface area contributed by atoms with E-state index in [1.54, 1.807) is 0 Å². The number of hydrogen-bond donors (Lipinski definition) is 12. The van der Waals surface area contributed by atoms with Crippen molar-refractivity contribution in [2.75, 3.05) is 32.4 Å². The maximum atomic E-state index is 14.3. The van der Waals surface area contributed by atoms with Crippen LogP contribution < -0.4 is 32.4 Å². The van der Waals surface area contributed by atoms with Gasteiger partial charge >= 0.3 is 0 Å². The average molecular weight is 1250 g/mol. The van der Waals surface area contributed by atoms with Crippen LogP contribution in [-0.2, 0) is 60.7 Å². The predicted octanol–water partition coefficient (Wildman–Crippen LogP) is 4.81. The van der Waals surface area contributed by atoms with E-state index in [-0.39, 0.29) is 46.5 Å². The zero-order valence-electron chi connectivity index (χ0n) is 39.2. The van der Waals surface area contributed by atoms with Crippen molar-refractivity contribution in [1.82, 2.24) is 29.9 Å². The Kier molecular flexibility index (Phi) is 15.7. The van der Waals surface area contributed by atoms with E-state index in [2.05, 4.69) is 71.9 Å². The molecule has 0 unspecified atom stereocenters. The molecule has 0 atom stereocenters. The Bertz CT molecular complexity index is 4630. The summed E-state index contributed by atoms with van der Waals surface area (Å²) >= 11 is 6.08. The van der Waals surface area contributed by atoms with Gasteiger partial charge in [0.1, 0.15) is 37.3 Å². The minimum atomic E-state index is -5.58. The smallest absolute Gasteiger partial charge is 0.296 e. The Morgan fingerprint density at radius 3 is 1.49 bits per heavy atom. The molecular weight excluding hydrogens is 1220 g/mol. The first-order valence-electron chi connectivity index (χ1n) is 21.1. The second-order valence-corrected chi connectivity index (χ2v) is 24.6. The topological polar surface area (TPSA) is 544 Å². The van der Waals surface area contributed by atoms with Gasteiger partial charge in [-0.25, -0.2) is 9.97 Å². The number of carbonyl (C=O) groups excluding carboxylic acids is 1. The summed E-state index contributed by atoms with van der Waals surface area (Å²) in [6.07, 6.45) is 1.45. The summed E-state index contributed by atoms with van der Waals surface area (Å²) in [5.41, 5.74) is 1.65. The van der Waals surface area contributed by atoms with Crippen LogP contribution in [0, 0.1) is 0 Å². The number of aromatic nitrogens is 6. The molecule has 81 heavy (non-hydrogen) atoms. The molecule has 0 amide bonds. The third-order valence-electron chi connectivity index (χ3n) is 10.4. The Hall–Kier alpha value is -8.65. The van der Waals surface area contributed by atoms with Crippen molar-refractivity contribution < 1.29 is 82.6 Å². The van der Waals surface area contributed by atoms with E-state index in [1.807, 2.05) is 0 Å². The van der Waals surface area contributed by atoms with Gasteiger partial charge in [-0.3, -0.25) is 37.5 Å². The van der Waals surface area contributed by atoms with Gasteiger partial charge in [0, 0.05) is 22.7 Å². The maximum Gasteiger partial charge on any atom is 0.296 e. The van der Waals surface area contributed by atoms with Gasteiger partial charge in [-0.2, -0.15) is 75.5 Å². The minimum Gasteiger partial charge on any atom is -0.396 e. The molecule has 0 saturated heterocycles. The number of carbonyl (C=O) groups is 1. The van der Waals surface area contributed by atoms with Crippen LogP contribution in [0.15, 0.2) is 142 Å². The average Bonchev–Trinajstić information content (AvgIpc) is 3.39. The largest absolute Gasteiger partial charge is 0.396 e. The fraction of sp³-hybridized carbons (Fsp3) is 0. The summed E-state index contributed by atoms with van der Waals surface area (Å²) in [5, 5.41) is 21.3. The second kappa shape index (κ2) is 21.8. The highest BCUT2D eigenvalue weighted by atomic mass is 35.5. The molecule has 34 nitrogen and oxygen atoms in total. The number of allylic oxidation sites excluding steroid dienone is 1. The number of nitrogens with zero attached hydrogens (tertiary/aromatic N) is 9. The molecule has 2 heterocycles. The van der Waals surface area contributed by atoms with E-state index in [1.165, 1.54) is 24.3 Å². The van der Waals surface area contributed by atoms with Crippen LogP contribution in [0.1, 0.15) is 15.9 Å². The first kappa shape index (κ1) is 58.5.